The van der Waals surface area contributed by atoms with Gasteiger partial charge < -0.3 is 4.90 Å². The number of thioether (sulfide) groups is 1. The molecule has 19 heavy (non-hydrogen) atoms. The number of rotatable bonds is 2. The number of hydrogen-bond donors (Lipinski definition) is 0. The Labute approximate surface area is 122 Å². The van der Waals surface area contributed by atoms with E-state index < -0.39 is 0 Å². The summed E-state index contributed by atoms with van der Waals surface area (Å²) in [5.74, 6) is 2.44. The molecular weight excluding hydrogens is 272 g/mol. The van der Waals surface area contributed by atoms with Crippen LogP contribution in [0.1, 0.15) is 11.1 Å². The molecule has 3 rings (SSSR count). The SMILES string of the molecule is Cc1ccc(C)c(-c2csc(N3CCSCC3)n2)c1. The molecule has 0 saturated carbocycles. The Balaban J connectivity index is 1.89. The van der Waals surface area contributed by atoms with E-state index in [9.17, 15) is 0 Å². The van der Waals surface area contributed by atoms with Crippen LogP contribution in [0.25, 0.3) is 11.3 Å². The fourth-order valence-corrected chi connectivity index (χ4v) is 4.08. The molecule has 1 saturated heterocycles. The second-order valence-electron chi connectivity index (χ2n) is 4.93. The topological polar surface area (TPSA) is 16.1 Å². The average Bonchev–Trinajstić information content (AvgIpc) is 2.92. The second-order valence-corrected chi connectivity index (χ2v) is 6.99. The lowest BCUT2D eigenvalue weighted by Gasteiger charge is -2.25. The van der Waals surface area contributed by atoms with Crippen molar-refractivity contribution >= 4 is 28.2 Å². The van der Waals surface area contributed by atoms with E-state index in [0.717, 1.165) is 18.8 Å². The van der Waals surface area contributed by atoms with Crippen molar-refractivity contribution in [3.05, 3.63) is 34.7 Å². The van der Waals surface area contributed by atoms with Gasteiger partial charge in [0.15, 0.2) is 5.13 Å². The number of anilines is 1. The standard InChI is InChI=1S/C15H18N2S2/c1-11-3-4-12(2)13(9-11)14-10-19-15(16-14)17-5-7-18-8-6-17/h3-4,9-10H,5-8H2,1-2H3. The molecule has 1 fully saturated rings. The van der Waals surface area contributed by atoms with Gasteiger partial charge in [0, 0.05) is 35.5 Å². The maximum Gasteiger partial charge on any atom is 0.185 e. The summed E-state index contributed by atoms with van der Waals surface area (Å²) >= 11 is 3.81. The van der Waals surface area contributed by atoms with E-state index >= 15 is 0 Å². The summed E-state index contributed by atoms with van der Waals surface area (Å²) in [6.45, 7) is 6.55. The zero-order valence-electron chi connectivity index (χ0n) is 11.3. The Morgan fingerprint density at radius 1 is 1.16 bits per heavy atom. The molecule has 0 aliphatic carbocycles. The summed E-state index contributed by atoms with van der Waals surface area (Å²) in [4.78, 5) is 7.25. The number of hydrogen-bond acceptors (Lipinski definition) is 4. The highest BCUT2D eigenvalue weighted by molar-refractivity contribution is 7.99. The van der Waals surface area contributed by atoms with E-state index in [1.165, 1.54) is 33.3 Å². The number of benzene rings is 1. The zero-order valence-corrected chi connectivity index (χ0v) is 13.0. The molecule has 0 atom stereocenters. The molecule has 2 nitrogen and oxygen atoms in total. The molecule has 0 unspecified atom stereocenters. The van der Waals surface area contributed by atoms with Gasteiger partial charge >= 0.3 is 0 Å². The maximum absolute atomic E-state index is 4.84. The molecule has 0 radical (unpaired) electrons. The van der Waals surface area contributed by atoms with Gasteiger partial charge in [0.25, 0.3) is 0 Å². The second kappa shape index (κ2) is 5.55. The smallest absolute Gasteiger partial charge is 0.185 e. The summed E-state index contributed by atoms with van der Waals surface area (Å²) in [6.07, 6.45) is 0. The Hall–Kier alpha value is -1.00. The average molecular weight is 290 g/mol. The van der Waals surface area contributed by atoms with Crippen LogP contribution < -0.4 is 4.90 Å². The predicted octanol–water partition coefficient (Wildman–Crippen LogP) is 3.98. The molecule has 100 valence electrons. The lowest BCUT2D eigenvalue weighted by molar-refractivity contribution is 0.853. The largest absolute Gasteiger partial charge is 0.346 e. The molecule has 1 aliphatic heterocycles. The maximum atomic E-state index is 4.84. The minimum absolute atomic E-state index is 1.12. The highest BCUT2D eigenvalue weighted by Gasteiger charge is 2.15. The minimum Gasteiger partial charge on any atom is -0.346 e. The Bertz CT molecular complexity index is 571. The van der Waals surface area contributed by atoms with E-state index in [4.69, 9.17) is 4.98 Å². The summed E-state index contributed by atoms with van der Waals surface area (Å²) < 4.78 is 0. The Morgan fingerprint density at radius 3 is 2.74 bits per heavy atom. The number of nitrogens with zero attached hydrogens (tertiary/aromatic N) is 2. The van der Waals surface area contributed by atoms with Gasteiger partial charge in [-0.15, -0.1) is 11.3 Å². The van der Waals surface area contributed by atoms with Crippen molar-refractivity contribution < 1.29 is 0 Å². The van der Waals surface area contributed by atoms with E-state index in [1.807, 2.05) is 11.8 Å². The summed E-state index contributed by atoms with van der Waals surface area (Å²) in [5.41, 5.74) is 4.99. The molecule has 1 aromatic heterocycles. The fourth-order valence-electron chi connectivity index (χ4n) is 2.30. The van der Waals surface area contributed by atoms with Crippen molar-refractivity contribution in [1.29, 1.82) is 0 Å². The quantitative estimate of drug-likeness (QED) is 0.832. The molecule has 0 amide bonds. The first-order valence-corrected chi connectivity index (χ1v) is 8.63. The molecular formula is C15H18N2S2. The molecule has 0 spiro atoms. The molecule has 4 heteroatoms. The predicted molar refractivity (Wildman–Crippen MR) is 86.6 cm³/mol. The van der Waals surface area contributed by atoms with Crippen LogP contribution in [0, 0.1) is 13.8 Å². The van der Waals surface area contributed by atoms with Crippen LogP contribution in [-0.4, -0.2) is 29.6 Å². The Kier molecular flexibility index (Phi) is 3.80. The van der Waals surface area contributed by atoms with Crippen LogP contribution in [0.4, 0.5) is 5.13 Å². The third kappa shape index (κ3) is 2.79. The van der Waals surface area contributed by atoms with Crippen molar-refractivity contribution in [2.24, 2.45) is 0 Å². The van der Waals surface area contributed by atoms with Crippen molar-refractivity contribution in [1.82, 2.24) is 4.98 Å². The number of aryl methyl sites for hydroxylation is 2. The third-order valence-corrected chi connectivity index (χ3v) is 5.29. The molecule has 0 bridgehead atoms. The lowest BCUT2D eigenvalue weighted by atomic mass is 10.0. The zero-order chi connectivity index (χ0) is 13.2. The number of aromatic nitrogens is 1. The molecule has 2 heterocycles. The molecule has 0 N–H and O–H groups in total. The first-order chi connectivity index (χ1) is 9.24. The first kappa shape index (κ1) is 13.0. The molecule has 1 aromatic carbocycles. The lowest BCUT2D eigenvalue weighted by Crippen LogP contribution is -2.32. The van der Waals surface area contributed by atoms with Crippen LogP contribution in [0.5, 0.6) is 0 Å². The van der Waals surface area contributed by atoms with Crippen LogP contribution in [0.2, 0.25) is 0 Å². The van der Waals surface area contributed by atoms with Crippen LogP contribution in [-0.2, 0) is 0 Å². The molecule has 2 aromatic rings. The van der Waals surface area contributed by atoms with Crippen molar-refractivity contribution in [3.8, 4) is 11.3 Å². The first-order valence-electron chi connectivity index (χ1n) is 6.60. The van der Waals surface area contributed by atoms with E-state index in [2.05, 4.69) is 42.3 Å². The van der Waals surface area contributed by atoms with Gasteiger partial charge in [0.05, 0.1) is 5.69 Å². The summed E-state index contributed by atoms with van der Waals surface area (Å²) in [7, 11) is 0. The van der Waals surface area contributed by atoms with E-state index in [1.54, 1.807) is 11.3 Å². The van der Waals surface area contributed by atoms with E-state index in [-0.39, 0.29) is 0 Å². The van der Waals surface area contributed by atoms with Crippen molar-refractivity contribution in [2.45, 2.75) is 13.8 Å². The van der Waals surface area contributed by atoms with Gasteiger partial charge in [0.1, 0.15) is 0 Å². The Morgan fingerprint density at radius 2 is 1.95 bits per heavy atom. The van der Waals surface area contributed by atoms with Gasteiger partial charge in [0.2, 0.25) is 0 Å². The number of thiazole rings is 1. The molecule has 1 aliphatic rings. The van der Waals surface area contributed by atoms with Gasteiger partial charge in [-0.25, -0.2) is 4.98 Å². The fraction of sp³-hybridized carbons (Fsp3) is 0.400. The van der Waals surface area contributed by atoms with Gasteiger partial charge in [-0.05, 0) is 25.5 Å². The third-order valence-electron chi connectivity index (χ3n) is 3.44. The van der Waals surface area contributed by atoms with Crippen molar-refractivity contribution in [3.63, 3.8) is 0 Å². The van der Waals surface area contributed by atoms with E-state index in [0.29, 0.717) is 0 Å². The van der Waals surface area contributed by atoms with Gasteiger partial charge in [-0.1, -0.05) is 17.7 Å². The van der Waals surface area contributed by atoms with Crippen molar-refractivity contribution in [2.75, 3.05) is 29.5 Å². The summed E-state index contributed by atoms with van der Waals surface area (Å²) in [5, 5.41) is 3.37. The monoisotopic (exact) mass is 290 g/mol. The minimum atomic E-state index is 1.12. The normalized spacial score (nSPS) is 15.8. The highest BCUT2D eigenvalue weighted by atomic mass is 32.2. The van der Waals surface area contributed by atoms with Crippen LogP contribution >= 0.6 is 23.1 Å². The van der Waals surface area contributed by atoms with Gasteiger partial charge in [-0.2, -0.15) is 11.8 Å². The summed E-state index contributed by atoms with van der Waals surface area (Å²) in [6, 6.07) is 6.58. The van der Waals surface area contributed by atoms with Crippen LogP contribution in [0.3, 0.4) is 0 Å². The van der Waals surface area contributed by atoms with Crippen LogP contribution in [0.15, 0.2) is 23.6 Å². The highest BCUT2D eigenvalue weighted by Crippen LogP contribution is 2.31. The van der Waals surface area contributed by atoms with Gasteiger partial charge in [-0.3, -0.25) is 0 Å².